The molecule has 1 aliphatic heterocycles. The van der Waals surface area contributed by atoms with Crippen LogP contribution in [0.25, 0.3) is 0 Å². The summed E-state index contributed by atoms with van der Waals surface area (Å²) in [6.45, 7) is 5.48. The Morgan fingerprint density at radius 3 is 2.95 bits per heavy atom. The molecule has 1 amide bonds. The summed E-state index contributed by atoms with van der Waals surface area (Å²) in [5.74, 6) is 0.0288. The molecule has 1 fully saturated rings. The van der Waals surface area contributed by atoms with Crippen molar-refractivity contribution < 1.29 is 9.90 Å². The predicted molar refractivity (Wildman–Crippen MR) is 79.4 cm³/mol. The van der Waals surface area contributed by atoms with Gasteiger partial charge < -0.3 is 10.4 Å². The monoisotopic (exact) mass is 276 g/mol. The number of likely N-dealkylation sites (tertiary alicyclic amines) is 1. The fraction of sp³-hybridized carbons (Fsp3) is 0.562. The zero-order valence-corrected chi connectivity index (χ0v) is 12.3. The van der Waals surface area contributed by atoms with Crippen molar-refractivity contribution in [1.82, 2.24) is 10.2 Å². The average molecular weight is 276 g/mol. The van der Waals surface area contributed by atoms with Gasteiger partial charge in [0.05, 0.1) is 19.2 Å². The number of nitrogens with zero attached hydrogens (tertiary/aromatic N) is 1. The van der Waals surface area contributed by atoms with Crippen LogP contribution in [0.3, 0.4) is 0 Å². The van der Waals surface area contributed by atoms with Crippen molar-refractivity contribution in [3.63, 3.8) is 0 Å². The third kappa shape index (κ3) is 3.58. The predicted octanol–water partition coefficient (Wildman–Crippen LogP) is 1.63. The first-order chi connectivity index (χ1) is 9.61. The van der Waals surface area contributed by atoms with Gasteiger partial charge in [0.2, 0.25) is 5.91 Å². The molecular formula is C16H24N2O2. The van der Waals surface area contributed by atoms with Crippen LogP contribution in [0.5, 0.6) is 0 Å². The average Bonchev–Trinajstić information content (AvgIpc) is 2.86. The summed E-state index contributed by atoms with van der Waals surface area (Å²) >= 11 is 0. The highest BCUT2D eigenvalue weighted by molar-refractivity contribution is 5.78. The summed E-state index contributed by atoms with van der Waals surface area (Å²) in [7, 11) is 0. The number of aryl methyl sites for hydroxylation is 1. The lowest BCUT2D eigenvalue weighted by Crippen LogP contribution is -2.41. The molecule has 4 nitrogen and oxygen atoms in total. The molecule has 1 aromatic carbocycles. The minimum atomic E-state index is 0.0129. The molecule has 1 aromatic rings. The van der Waals surface area contributed by atoms with Crippen LogP contribution in [-0.4, -0.2) is 41.7 Å². The Labute approximate surface area is 120 Å². The van der Waals surface area contributed by atoms with Crippen molar-refractivity contribution in [3.8, 4) is 0 Å². The molecule has 0 aromatic heterocycles. The lowest BCUT2D eigenvalue weighted by Gasteiger charge is -2.23. The highest BCUT2D eigenvalue weighted by Gasteiger charge is 2.25. The molecule has 20 heavy (non-hydrogen) atoms. The summed E-state index contributed by atoms with van der Waals surface area (Å²) in [4.78, 5) is 14.2. The van der Waals surface area contributed by atoms with E-state index in [0.29, 0.717) is 6.54 Å². The van der Waals surface area contributed by atoms with E-state index in [1.165, 1.54) is 5.56 Å². The van der Waals surface area contributed by atoms with Gasteiger partial charge in [0.1, 0.15) is 0 Å². The smallest absolute Gasteiger partial charge is 0.234 e. The molecule has 4 heteroatoms. The van der Waals surface area contributed by atoms with E-state index >= 15 is 0 Å². The van der Waals surface area contributed by atoms with E-state index in [9.17, 15) is 9.90 Å². The van der Waals surface area contributed by atoms with Gasteiger partial charge in [-0.15, -0.1) is 0 Å². The summed E-state index contributed by atoms with van der Waals surface area (Å²) in [5.41, 5.74) is 2.34. The number of nitrogens with one attached hydrogen (secondary N) is 1. The molecule has 2 atom stereocenters. The van der Waals surface area contributed by atoms with E-state index in [1.807, 2.05) is 25.1 Å². The van der Waals surface area contributed by atoms with Crippen molar-refractivity contribution in [2.24, 2.45) is 0 Å². The van der Waals surface area contributed by atoms with E-state index in [-0.39, 0.29) is 24.6 Å². The maximum atomic E-state index is 12.1. The summed E-state index contributed by atoms with van der Waals surface area (Å²) in [6.07, 6.45) is 2.04. The number of hydrogen-bond acceptors (Lipinski definition) is 3. The van der Waals surface area contributed by atoms with Gasteiger partial charge in [-0.2, -0.15) is 0 Å². The largest absolute Gasteiger partial charge is 0.395 e. The molecule has 0 aliphatic carbocycles. The van der Waals surface area contributed by atoms with Crippen LogP contribution in [0.4, 0.5) is 0 Å². The first-order valence-electron chi connectivity index (χ1n) is 7.31. The topological polar surface area (TPSA) is 52.6 Å². The zero-order valence-electron chi connectivity index (χ0n) is 12.3. The Kier molecular flexibility index (Phi) is 5.15. The van der Waals surface area contributed by atoms with Gasteiger partial charge >= 0.3 is 0 Å². The summed E-state index contributed by atoms with van der Waals surface area (Å²) < 4.78 is 0. The second-order valence-electron chi connectivity index (χ2n) is 5.59. The van der Waals surface area contributed by atoms with Crippen LogP contribution in [0.1, 0.15) is 36.9 Å². The SMILES string of the molecule is Cc1ccccc1C(C)NC(=O)CN1CCCC1CO. The number of aliphatic hydroxyl groups excluding tert-OH is 1. The first kappa shape index (κ1) is 15.0. The van der Waals surface area contributed by atoms with E-state index in [1.54, 1.807) is 0 Å². The van der Waals surface area contributed by atoms with Gasteiger partial charge in [-0.3, -0.25) is 9.69 Å². The molecule has 0 spiro atoms. The minimum Gasteiger partial charge on any atom is -0.395 e. The lowest BCUT2D eigenvalue weighted by atomic mass is 10.0. The second-order valence-corrected chi connectivity index (χ2v) is 5.59. The van der Waals surface area contributed by atoms with Gasteiger partial charge in [0, 0.05) is 6.04 Å². The standard InChI is InChI=1S/C16H24N2O2/c1-12-6-3-4-8-15(12)13(2)17-16(20)10-18-9-5-7-14(18)11-19/h3-4,6,8,13-14,19H,5,7,9-11H2,1-2H3,(H,17,20). The zero-order chi connectivity index (χ0) is 14.5. The Balaban J connectivity index is 1.90. The highest BCUT2D eigenvalue weighted by atomic mass is 16.3. The van der Waals surface area contributed by atoms with E-state index in [2.05, 4.69) is 23.2 Å². The highest BCUT2D eigenvalue weighted by Crippen LogP contribution is 2.18. The molecule has 1 heterocycles. The van der Waals surface area contributed by atoms with Gasteiger partial charge in [-0.05, 0) is 44.4 Å². The second kappa shape index (κ2) is 6.86. The van der Waals surface area contributed by atoms with Crippen molar-refractivity contribution in [3.05, 3.63) is 35.4 Å². The van der Waals surface area contributed by atoms with Gasteiger partial charge in [0.15, 0.2) is 0 Å². The molecule has 2 rings (SSSR count). The van der Waals surface area contributed by atoms with Crippen LogP contribution < -0.4 is 5.32 Å². The van der Waals surface area contributed by atoms with E-state index < -0.39 is 0 Å². The number of rotatable bonds is 5. The van der Waals surface area contributed by atoms with E-state index in [4.69, 9.17) is 0 Å². The number of carbonyl (C=O) groups excluding carboxylic acids is 1. The van der Waals surface area contributed by atoms with Crippen molar-refractivity contribution in [1.29, 1.82) is 0 Å². The fourth-order valence-corrected chi connectivity index (χ4v) is 2.93. The van der Waals surface area contributed by atoms with Crippen molar-refractivity contribution >= 4 is 5.91 Å². The number of carbonyl (C=O) groups is 1. The molecule has 2 N–H and O–H groups in total. The quantitative estimate of drug-likeness (QED) is 0.859. The Morgan fingerprint density at radius 1 is 1.50 bits per heavy atom. The maximum absolute atomic E-state index is 12.1. The van der Waals surface area contributed by atoms with Gasteiger partial charge in [-0.25, -0.2) is 0 Å². The number of hydrogen-bond donors (Lipinski definition) is 2. The minimum absolute atomic E-state index is 0.0129. The van der Waals surface area contributed by atoms with Gasteiger partial charge in [-0.1, -0.05) is 24.3 Å². The van der Waals surface area contributed by atoms with Crippen LogP contribution in [0.2, 0.25) is 0 Å². The molecule has 1 aliphatic rings. The number of aliphatic hydroxyl groups is 1. The lowest BCUT2D eigenvalue weighted by molar-refractivity contribution is -0.123. The van der Waals surface area contributed by atoms with Crippen LogP contribution >= 0.6 is 0 Å². The van der Waals surface area contributed by atoms with Crippen molar-refractivity contribution in [2.45, 2.75) is 38.8 Å². The number of benzene rings is 1. The van der Waals surface area contributed by atoms with Crippen LogP contribution in [0.15, 0.2) is 24.3 Å². The molecule has 2 unspecified atom stereocenters. The molecule has 0 radical (unpaired) electrons. The fourth-order valence-electron chi connectivity index (χ4n) is 2.93. The molecular weight excluding hydrogens is 252 g/mol. The normalized spacial score (nSPS) is 20.9. The first-order valence-corrected chi connectivity index (χ1v) is 7.31. The third-order valence-corrected chi connectivity index (χ3v) is 4.09. The number of amides is 1. The molecule has 0 bridgehead atoms. The summed E-state index contributed by atoms with van der Waals surface area (Å²) in [5, 5.41) is 12.3. The third-order valence-electron chi connectivity index (χ3n) is 4.09. The van der Waals surface area contributed by atoms with Gasteiger partial charge in [0.25, 0.3) is 0 Å². The van der Waals surface area contributed by atoms with E-state index in [0.717, 1.165) is 24.9 Å². The molecule has 0 saturated carbocycles. The van der Waals surface area contributed by atoms with Crippen LogP contribution in [0, 0.1) is 6.92 Å². The Morgan fingerprint density at radius 2 is 2.25 bits per heavy atom. The molecule has 110 valence electrons. The molecule has 1 saturated heterocycles. The van der Waals surface area contributed by atoms with Crippen molar-refractivity contribution in [2.75, 3.05) is 19.7 Å². The van der Waals surface area contributed by atoms with Crippen LogP contribution in [-0.2, 0) is 4.79 Å². The Hall–Kier alpha value is -1.39. The maximum Gasteiger partial charge on any atom is 0.234 e. The summed E-state index contributed by atoms with van der Waals surface area (Å²) in [6, 6.07) is 8.26. The Bertz CT molecular complexity index is 462.